The lowest BCUT2D eigenvalue weighted by atomic mass is 10.4. The van der Waals surface area contributed by atoms with Crippen LogP contribution in [-0.4, -0.2) is 33.6 Å². The van der Waals surface area contributed by atoms with Gasteiger partial charge in [-0.3, -0.25) is 4.79 Å². The largest absolute Gasteiger partial charge is 0.476 e. The number of rotatable bonds is 6. The van der Waals surface area contributed by atoms with E-state index < -0.39 is 5.97 Å². The van der Waals surface area contributed by atoms with Gasteiger partial charge in [0.05, 0.1) is 11.6 Å². The van der Waals surface area contributed by atoms with E-state index in [4.69, 9.17) is 5.11 Å². The number of amides is 2. The third-order valence-corrected chi connectivity index (χ3v) is 4.03. The number of urea groups is 1. The number of thiazole rings is 2. The second-order valence-electron chi connectivity index (χ2n) is 3.96. The summed E-state index contributed by atoms with van der Waals surface area (Å²) in [6.07, 6.45) is 0.459. The van der Waals surface area contributed by atoms with Crippen LogP contribution in [0.3, 0.4) is 0 Å². The van der Waals surface area contributed by atoms with Crippen molar-refractivity contribution in [2.75, 3.05) is 6.54 Å². The molecule has 10 heteroatoms. The number of H-pyrrole nitrogens is 1. The summed E-state index contributed by atoms with van der Waals surface area (Å²) < 4.78 is 0. The zero-order chi connectivity index (χ0) is 15.2. The topological polar surface area (TPSA) is 124 Å². The van der Waals surface area contributed by atoms with Gasteiger partial charge in [-0.1, -0.05) is 11.3 Å². The summed E-state index contributed by atoms with van der Waals surface area (Å²) >= 11 is 2.28. The van der Waals surface area contributed by atoms with Crippen molar-refractivity contribution in [2.45, 2.75) is 13.0 Å². The number of hydrogen-bond donors (Lipinski definition) is 4. The first-order valence-corrected chi connectivity index (χ1v) is 7.66. The zero-order valence-electron chi connectivity index (χ0n) is 10.7. The van der Waals surface area contributed by atoms with Gasteiger partial charge in [0.2, 0.25) is 0 Å². The molecule has 0 spiro atoms. The van der Waals surface area contributed by atoms with Gasteiger partial charge in [0.25, 0.3) is 0 Å². The Morgan fingerprint density at radius 1 is 1.29 bits per heavy atom. The minimum Gasteiger partial charge on any atom is -0.476 e. The number of carbonyl (C=O) groups excluding carboxylic acids is 1. The first-order chi connectivity index (χ1) is 10.0. The molecule has 0 aliphatic heterocycles. The molecule has 2 rings (SSSR count). The maximum Gasteiger partial charge on any atom is 0.355 e. The fraction of sp³-hybridized carbons (Fsp3) is 0.273. The number of hydrogen-bond acceptors (Lipinski definition) is 6. The maximum atomic E-state index is 11.5. The van der Waals surface area contributed by atoms with E-state index in [2.05, 4.69) is 20.6 Å². The van der Waals surface area contributed by atoms with Crippen molar-refractivity contribution in [2.24, 2.45) is 0 Å². The highest BCUT2D eigenvalue weighted by atomic mass is 32.1. The molecule has 2 amide bonds. The molecule has 4 N–H and O–H groups in total. The monoisotopic (exact) mass is 328 g/mol. The molecule has 0 bridgehead atoms. The molecule has 112 valence electrons. The fourth-order valence-electron chi connectivity index (χ4n) is 1.45. The highest BCUT2D eigenvalue weighted by Gasteiger charge is 2.08. The summed E-state index contributed by atoms with van der Waals surface area (Å²) in [5.41, 5.74) is 0.659. The van der Waals surface area contributed by atoms with Crippen molar-refractivity contribution in [3.8, 4) is 0 Å². The Kier molecular flexibility index (Phi) is 5.06. The molecule has 0 aliphatic rings. The van der Waals surface area contributed by atoms with Crippen LogP contribution in [0.15, 0.2) is 15.6 Å². The number of aromatic amines is 1. The molecule has 0 fully saturated rings. The van der Waals surface area contributed by atoms with E-state index in [1.807, 2.05) is 0 Å². The number of aromatic carboxylic acids is 1. The molecule has 2 aromatic heterocycles. The van der Waals surface area contributed by atoms with E-state index in [-0.39, 0.29) is 23.1 Å². The van der Waals surface area contributed by atoms with Gasteiger partial charge in [-0.25, -0.2) is 14.6 Å². The second kappa shape index (κ2) is 6.99. The Morgan fingerprint density at radius 3 is 2.71 bits per heavy atom. The normalized spacial score (nSPS) is 10.3. The lowest BCUT2D eigenvalue weighted by Gasteiger charge is -2.05. The molecule has 0 radical (unpaired) electrons. The lowest BCUT2D eigenvalue weighted by Crippen LogP contribution is -2.36. The van der Waals surface area contributed by atoms with Crippen molar-refractivity contribution in [3.05, 3.63) is 36.8 Å². The van der Waals surface area contributed by atoms with Gasteiger partial charge in [-0.15, -0.1) is 11.3 Å². The van der Waals surface area contributed by atoms with Crippen LogP contribution in [0.25, 0.3) is 0 Å². The number of carboxylic acids is 1. The van der Waals surface area contributed by atoms with Gasteiger partial charge in [0.15, 0.2) is 5.69 Å². The Labute approximate surface area is 126 Å². The van der Waals surface area contributed by atoms with Crippen molar-refractivity contribution >= 4 is 34.7 Å². The SMILES string of the molecule is O=C(NCCc1nc(C(=O)O)cs1)NCc1csc(=O)[nH]1. The average Bonchev–Trinajstić information content (AvgIpc) is 3.05. The second-order valence-corrected chi connectivity index (χ2v) is 5.75. The number of nitrogens with zero attached hydrogens (tertiary/aromatic N) is 1. The summed E-state index contributed by atoms with van der Waals surface area (Å²) in [6, 6.07) is -0.364. The van der Waals surface area contributed by atoms with Gasteiger partial charge in [0, 0.05) is 29.4 Å². The van der Waals surface area contributed by atoms with Crippen LogP contribution in [0, 0.1) is 0 Å². The first-order valence-electron chi connectivity index (χ1n) is 5.90. The molecule has 21 heavy (non-hydrogen) atoms. The molecular weight excluding hydrogens is 316 g/mol. The minimum atomic E-state index is -1.06. The molecule has 0 aromatic carbocycles. The first kappa shape index (κ1) is 15.2. The number of aromatic nitrogens is 2. The summed E-state index contributed by atoms with van der Waals surface area (Å²) in [4.78, 5) is 39.4. The number of nitrogens with one attached hydrogen (secondary N) is 3. The third kappa shape index (κ3) is 4.68. The van der Waals surface area contributed by atoms with Gasteiger partial charge >= 0.3 is 16.9 Å². The highest BCUT2D eigenvalue weighted by molar-refractivity contribution is 7.09. The highest BCUT2D eigenvalue weighted by Crippen LogP contribution is 2.09. The van der Waals surface area contributed by atoms with Crippen LogP contribution in [0.1, 0.15) is 21.2 Å². The van der Waals surface area contributed by atoms with E-state index in [0.29, 0.717) is 23.7 Å². The molecule has 0 saturated heterocycles. The Bertz CT molecular complexity index is 690. The Morgan fingerprint density at radius 2 is 2.10 bits per heavy atom. The molecule has 0 unspecified atom stereocenters. The molecule has 8 nitrogen and oxygen atoms in total. The van der Waals surface area contributed by atoms with Crippen LogP contribution in [0.2, 0.25) is 0 Å². The Hall–Kier alpha value is -2.20. The molecule has 0 saturated carbocycles. The molecule has 2 aromatic rings. The van der Waals surface area contributed by atoms with E-state index in [0.717, 1.165) is 11.3 Å². The summed E-state index contributed by atoms with van der Waals surface area (Å²) in [7, 11) is 0. The van der Waals surface area contributed by atoms with Crippen LogP contribution in [0.5, 0.6) is 0 Å². The quantitative estimate of drug-likeness (QED) is 0.619. The Balaban J connectivity index is 1.69. The fourth-order valence-corrected chi connectivity index (χ4v) is 2.80. The van der Waals surface area contributed by atoms with E-state index in [1.54, 1.807) is 5.38 Å². The standard InChI is InChI=1S/C11H12N4O4S2/c16-9(17)7-5-20-8(15-7)1-2-12-10(18)13-3-6-4-21-11(19)14-6/h4-5H,1-3H2,(H,14,19)(H,16,17)(H2,12,13,18). The van der Waals surface area contributed by atoms with Gasteiger partial charge in [-0.05, 0) is 0 Å². The lowest BCUT2D eigenvalue weighted by molar-refractivity contribution is 0.0691. The summed E-state index contributed by atoms with van der Waals surface area (Å²) in [5, 5.41) is 17.7. The molecular formula is C11H12N4O4S2. The minimum absolute atomic E-state index is 0.0147. The molecule has 0 aliphatic carbocycles. The average molecular weight is 328 g/mol. The molecule has 2 heterocycles. The van der Waals surface area contributed by atoms with Gasteiger partial charge in [0.1, 0.15) is 0 Å². The number of carboxylic acid groups (broad SMARTS) is 1. The van der Waals surface area contributed by atoms with Crippen LogP contribution >= 0.6 is 22.7 Å². The predicted molar refractivity (Wildman–Crippen MR) is 78.0 cm³/mol. The van der Waals surface area contributed by atoms with Crippen molar-refractivity contribution in [3.63, 3.8) is 0 Å². The third-order valence-electron chi connectivity index (χ3n) is 2.41. The number of carbonyl (C=O) groups is 2. The van der Waals surface area contributed by atoms with Crippen LogP contribution in [0.4, 0.5) is 4.79 Å². The summed E-state index contributed by atoms with van der Waals surface area (Å²) in [6.45, 7) is 0.587. The van der Waals surface area contributed by atoms with Crippen LogP contribution in [-0.2, 0) is 13.0 Å². The van der Waals surface area contributed by atoms with Crippen molar-refractivity contribution in [1.82, 2.24) is 20.6 Å². The van der Waals surface area contributed by atoms with Crippen molar-refractivity contribution in [1.29, 1.82) is 0 Å². The van der Waals surface area contributed by atoms with Crippen molar-refractivity contribution < 1.29 is 14.7 Å². The maximum absolute atomic E-state index is 11.5. The van der Waals surface area contributed by atoms with E-state index in [9.17, 15) is 14.4 Å². The smallest absolute Gasteiger partial charge is 0.355 e. The van der Waals surface area contributed by atoms with Gasteiger partial charge < -0.3 is 20.7 Å². The van der Waals surface area contributed by atoms with Gasteiger partial charge in [-0.2, -0.15) is 0 Å². The van der Waals surface area contributed by atoms with Crippen LogP contribution < -0.4 is 15.5 Å². The molecule has 0 atom stereocenters. The summed E-state index contributed by atoms with van der Waals surface area (Å²) in [5.74, 6) is -1.06. The predicted octanol–water partition coefficient (Wildman–Crippen LogP) is 0.633. The zero-order valence-corrected chi connectivity index (χ0v) is 12.3. The van der Waals surface area contributed by atoms with E-state index in [1.165, 1.54) is 16.7 Å². The van der Waals surface area contributed by atoms with E-state index >= 15 is 0 Å².